The topological polar surface area (TPSA) is 45.0 Å². The molecule has 1 aliphatic carbocycles. The van der Waals surface area contributed by atoms with Crippen molar-refractivity contribution in [2.75, 3.05) is 13.2 Å². The van der Waals surface area contributed by atoms with Crippen molar-refractivity contribution in [1.82, 2.24) is 5.32 Å². The van der Waals surface area contributed by atoms with Crippen molar-refractivity contribution in [2.45, 2.75) is 38.1 Å². The number of nitrogens with one attached hydrogen (secondary N) is 1. The van der Waals surface area contributed by atoms with Crippen molar-refractivity contribution in [3.8, 4) is 11.8 Å². The van der Waals surface area contributed by atoms with Gasteiger partial charge in [-0.2, -0.15) is 5.26 Å². The van der Waals surface area contributed by atoms with Crippen molar-refractivity contribution in [3.05, 3.63) is 29.8 Å². The van der Waals surface area contributed by atoms with Crippen molar-refractivity contribution in [1.29, 1.82) is 5.26 Å². The smallest absolute Gasteiger partial charge is 0.190 e. The number of hydrogen-bond donors (Lipinski definition) is 1. The van der Waals surface area contributed by atoms with Crippen LogP contribution in [0.25, 0.3) is 0 Å². The zero-order valence-electron chi connectivity index (χ0n) is 12.2. The van der Waals surface area contributed by atoms with Crippen LogP contribution in [0, 0.1) is 28.9 Å². The molecule has 1 aromatic carbocycles. The van der Waals surface area contributed by atoms with Crippen molar-refractivity contribution in [3.63, 3.8) is 0 Å². The molecule has 0 heterocycles. The number of nitrogens with zero attached hydrogens (tertiary/aromatic N) is 1. The maximum atomic E-state index is 13.5. The summed E-state index contributed by atoms with van der Waals surface area (Å²) in [4.78, 5) is 0. The fourth-order valence-electron chi connectivity index (χ4n) is 3.13. The van der Waals surface area contributed by atoms with E-state index >= 15 is 0 Å². The van der Waals surface area contributed by atoms with Gasteiger partial charge in [0.15, 0.2) is 17.4 Å². The van der Waals surface area contributed by atoms with E-state index in [9.17, 15) is 14.0 Å². The van der Waals surface area contributed by atoms with Crippen molar-refractivity contribution < 1.29 is 13.5 Å². The Labute approximate surface area is 123 Å². The molecule has 114 valence electrons. The van der Waals surface area contributed by atoms with Crippen LogP contribution in [0.4, 0.5) is 8.78 Å². The van der Waals surface area contributed by atoms with E-state index in [-0.39, 0.29) is 18.3 Å². The van der Waals surface area contributed by atoms with Gasteiger partial charge in [-0.1, -0.05) is 19.4 Å². The summed E-state index contributed by atoms with van der Waals surface area (Å²) in [6.45, 7) is 2.91. The number of benzene rings is 1. The minimum Gasteiger partial charge on any atom is -0.488 e. The molecule has 1 fully saturated rings. The van der Waals surface area contributed by atoms with Gasteiger partial charge in [0.1, 0.15) is 5.54 Å². The fourth-order valence-corrected chi connectivity index (χ4v) is 3.13. The summed E-state index contributed by atoms with van der Waals surface area (Å²) < 4.78 is 32.2. The van der Waals surface area contributed by atoms with Crippen LogP contribution < -0.4 is 10.1 Å². The Morgan fingerprint density at radius 3 is 2.76 bits per heavy atom. The summed E-state index contributed by atoms with van der Waals surface area (Å²) in [7, 11) is 0. The summed E-state index contributed by atoms with van der Waals surface area (Å²) in [5.74, 6) is -1.57. The van der Waals surface area contributed by atoms with Crippen LogP contribution in [0.3, 0.4) is 0 Å². The standard InChI is InChI=1S/C16H20F2N2O/c1-2-20-16(11-19)9-4-5-12(16)8-10-21-15-13(17)6-3-7-14(15)18/h3,6-7,12,20H,2,4-5,8-10H2,1H3. The number of para-hydroxylation sites is 1. The first-order valence-corrected chi connectivity index (χ1v) is 7.36. The second-order valence-electron chi connectivity index (χ2n) is 5.39. The van der Waals surface area contributed by atoms with Crippen LogP contribution in [0.1, 0.15) is 32.6 Å². The third-order valence-corrected chi connectivity index (χ3v) is 4.14. The maximum absolute atomic E-state index is 13.5. The highest BCUT2D eigenvalue weighted by molar-refractivity contribution is 5.26. The number of nitriles is 1. The molecule has 0 saturated heterocycles. The third-order valence-electron chi connectivity index (χ3n) is 4.14. The second-order valence-corrected chi connectivity index (χ2v) is 5.39. The summed E-state index contributed by atoms with van der Waals surface area (Å²) in [5, 5.41) is 12.7. The Bertz CT molecular complexity index is 509. The lowest BCUT2D eigenvalue weighted by molar-refractivity contribution is 0.222. The quantitative estimate of drug-likeness (QED) is 0.874. The highest BCUT2D eigenvalue weighted by atomic mass is 19.1. The lowest BCUT2D eigenvalue weighted by atomic mass is 9.86. The Kier molecular flexibility index (Phi) is 5.13. The highest BCUT2D eigenvalue weighted by Crippen LogP contribution is 2.37. The van der Waals surface area contributed by atoms with Gasteiger partial charge in [-0.25, -0.2) is 8.78 Å². The molecule has 0 bridgehead atoms. The van der Waals surface area contributed by atoms with Crippen LogP contribution in [0.5, 0.6) is 5.75 Å². The average molecular weight is 294 g/mol. The highest BCUT2D eigenvalue weighted by Gasteiger charge is 2.42. The van der Waals surface area contributed by atoms with Gasteiger partial charge in [0.2, 0.25) is 0 Å². The normalized spacial score (nSPS) is 24.8. The molecule has 0 aromatic heterocycles. The van der Waals surface area contributed by atoms with Crippen LogP contribution in [0.2, 0.25) is 0 Å². The molecule has 1 aliphatic rings. The number of rotatable bonds is 6. The molecule has 1 saturated carbocycles. The minimum absolute atomic E-state index is 0.150. The van der Waals surface area contributed by atoms with Crippen LogP contribution >= 0.6 is 0 Å². The van der Waals surface area contributed by atoms with Crippen LogP contribution in [0.15, 0.2) is 18.2 Å². The van der Waals surface area contributed by atoms with Gasteiger partial charge in [-0.05, 0) is 43.9 Å². The Balaban J connectivity index is 1.95. The summed E-state index contributed by atoms with van der Waals surface area (Å²) >= 11 is 0. The molecule has 0 spiro atoms. The molecule has 5 heteroatoms. The second kappa shape index (κ2) is 6.86. The largest absolute Gasteiger partial charge is 0.488 e. The van der Waals surface area contributed by atoms with E-state index in [1.807, 2.05) is 6.92 Å². The summed E-state index contributed by atoms with van der Waals surface area (Å²) in [6, 6.07) is 6.04. The van der Waals surface area contributed by atoms with E-state index in [0.29, 0.717) is 6.42 Å². The molecule has 1 aromatic rings. The molecule has 0 aliphatic heterocycles. The molecule has 2 atom stereocenters. The molecule has 3 nitrogen and oxygen atoms in total. The Morgan fingerprint density at radius 2 is 2.14 bits per heavy atom. The molecule has 1 N–H and O–H groups in total. The summed E-state index contributed by atoms with van der Waals surface area (Å²) in [5.41, 5.74) is -0.522. The number of halogens is 2. The SMILES string of the molecule is CCNC1(C#N)CCCC1CCOc1c(F)cccc1F. The molecular weight excluding hydrogens is 274 g/mol. The zero-order valence-corrected chi connectivity index (χ0v) is 12.2. The first-order chi connectivity index (χ1) is 10.1. The monoisotopic (exact) mass is 294 g/mol. The minimum atomic E-state index is -0.695. The van der Waals surface area contributed by atoms with Crippen molar-refractivity contribution in [2.24, 2.45) is 5.92 Å². The Hall–Kier alpha value is -1.67. The molecule has 0 radical (unpaired) electrons. The van der Waals surface area contributed by atoms with Gasteiger partial charge in [-0.3, -0.25) is 5.32 Å². The fraction of sp³-hybridized carbons (Fsp3) is 0.562. The van der Waals surface area contributed by atoms with Gasteiger partial charge in [0.05, 0.1) is 12.7 Å². The molecule has 0 amide bonds. The first kappa shape index (κ1) is 15.7. The lowest BCUT2D eigenvalue weighted by Gasteiger charge is -2.29. The van der Waals surface area contributed by atoms with Gasteiger partial charge in [0.25, 0.3) is 0 Å². The van der Waals surface area contributed by atoms with Crippen LogP contribution in [-0.2, 0) is 0 Å². The van der Waals surface area contributed by atoms with E-state index in [4.69, 9.17) is 4.74 Å². The van der Waals surface area contributed by atoms with E-state index in [2.05, 4.69) is 11.4 Å². The summed E-state index contributed by atoms with van der Waals surface area (Å²) in [6.07, 6.45) is 3.34. The van der Waals surface area contributed by atoms with E-state index in [1.165, 1.54) is 18.2 Å². The molecule has 21 heavy (non-hydrogen) atoms. The van der Waals surface area contributed by atoms with E-state index in [0.717, 1.165) is 25.8 Å². The molecule has 2 unspecified atom stereocenters. The number of ether oxygens (including phenoxy) is 1. The first-order valence-electron chi connectivity index (χ1n) is 7.36. The van der Waals surface area contributed by atoms with Crippen LogP contribution in [-0.4, -0.2) is 18.7 Å². The van der Waals surface area contributed by atoms with Gasteiger partial charge < -0.3 is 4.74 Å². The van der Waals surface area contributed by atoms with Crippen molar-refractivity contribution >= 4 is 0 Å². The number of hydrogen-bond acceptors (Lipinski definition) is 3. The van der Waals surface area contributed by atoms with E-state index in [1.54, 1.807) is 0 Å². The Morgan fingerprint density at radius 1 is 1.43 bits per heavy atom. The maximum Gasteiger partial charge on any atom is 0.190 e. The van der Waals surface area contributed by atoms with Gasteiger partial charge in [-0.15, -0.1) is 0 Å². The zero-order chi connectivity index (χ0) is 15.3. The third kappa shape index (κ3) is 3.33. The van der Waals surface area contributed by atoms with Gasteiger partial charge in [0, 0.05) is 0 Å². The predicted molar refractivity (Wildman–Crippen MR) is 75.8 cm³/mol. The molecular formula is C16H20F2N2O. The van der Waals surface area contributed by atoms with E-state index < -0.39 is 17.2 Å². The predicted octanol–water partition coefficient (Wildman–Crippen LogP) is 3.41. The molecule has 2 rings (SSSR count). The van der Waals surface area contributed by atoms with Gasteiger partial charge >= 0.3 is 0 Å². The lowest BCUT2D eigenvalue weighted by Crippen LogP contribution is -2.47. The average Bonchev–Trinajstić information content (AvgIpc) is 2.86.